The average Bonchev–Trinajstić information content (AvgIpc) is 2.69. The summed E-state index contributed by atoms with van der Waals surface area (Å²) in [6.07, 6.45) is 4.76. The van der Waals surface area contributed by atoms with Gasteiger partial charge in [-0.05, 0) is 49.8 Å². The van der Waals surface area contributed by atoms with Crippen molar-refractivity contribution in [3.63, 3.8) is 0 Å². The average molecular weight is 419 g/mol. The van der Waals surface area contributed by atoms with E-state index in [1.54, 1.807) is 0 Å². The molecule has 1 heterocycles. The molecule has 0 unspecified atom stereocenters. The van der Waals surface area contributed by atoms with Crippen LogP contribution in [0.3, 0.4) is 0 Å². The lowest BCUT2D eigenvalue weighted by Gasteiger charge is -2.07. The third-order valence-electron chi connectivity index (χ3n) is 4.21. The second-order valence-electron chi connectivity index (χ2n) is 6.52. The highest BCUT2D eigenvalue weighted by molar-refractivity contribution is 6.31. The first-order chi connectivity index (χ1) is 13.9. The van der Waals surface area contributed by atoms with Crippen LogP contribution >= 0.6 is 11.6 Å². The number of hydrogen-bond donors (Lipinski definition) is 5. The zero-order valence-corrected chi connectivity index (χ0v) is 17.0. The number of anilines is 2. The van der Waals surface area contributed by atoms with E-state index in [4.69, 9.17) is 34.5 Å². The van der Waals surface area contributed by atoms with Gasteiger partial charge in [0, 0.05) is 6.54 Å². The summed E-state index contributed by atoms with van der Waals surface area (Å²) in [5.41, 5.74) is 24.8. The Labute approximate surface area is 174 Å². The van der Waals surface area contributed by atoms with Gasteiger partial charge < -0.3 is 22.9 Å². The number of aryl methyl sites for hydroxylation is 2. The van der Waals surface area contributed by atoms with Crippen LogP contribution in [-0.4, -0.2) is 34.9 Å². The van der Waals surface area contributed by atoms with Crippen molar-refractivity contribution in [2.24, 2.45) is 16.5 Å². The molecule has 0 radical (unpaired) electrons. The topological polar surface area (TPSA) is 171 Å². The lowest BCUT2D eigenvalue weighted by atomic mass is 10.0. The van der Waals surface area contributed by atoms with Crippen molar-refractivity contribution >= 4 is 35.1 Å². The van der Waals surface area contributed by atoms with Gasteiger partial charge in [-0.15, -0.1) is 0 Å². The largest absolute Gasteiger partial charge is 0.382 e. The maximum atomic E-state index is 12.1. The fourth-order valence-corrected chi connectivity index (χ4v) is 2.77. The first kappa shape index (κ1) is 22.4. The smallest absolute Gasteiger partial charge is 0.280 e. The van der Waals surface area contributed by atoms with Crippen molar-refractivity contribution in [2.45, 2.75) is 32.1 Å². The molecule has 0 saturated carbocycles. The van der Waals surface area contributed by atoms with Gasteiger partial charge in [-0.3, -0.25) is 15.1 Å². The van der Waals surface area contributed by atoms with Crippen LogP contribution in [0, 0.1) is 0 Å². The molecule has 1 amide bonds. The minimum atomic E-state index is -0.645. The van der Waals surface area contributed by atoms with Crippen LogP contribution in [0.2, 0.25) is 5.15 Å². The minimum Gasteiger partial charge on any atom is -0.382 e. The minimum absolute atomic E-state index is 0.0200. The number of guanidine groups is 1. The van der Waals surface area contributed by atoms with Crippen LogP contribution in [0.25, 0.3) is 0 Å². The molecule has 0 aliphatic heterocycles. The van der Waals surface area contributed by atoms with E-state index in [0.717, 1.165) is 32.1 Å². The van der Waals surface area contributed by atoms with Crippen LogP contribution in [-0.2, 0) is 12.8 Å². The molecule has 2 aromatic rings. The number of unbranched alkanes of at least 4 members (excludes halogenated alkanes) is 1. The molecule has 2 rings (SSSR count). The lowest BCUT2D eigenvalue weighted by Crippen LogP contribution is -2.38. The highest BCUT2D eigenvalue weighted by Gasteiger charge is 2.16. The maximum absolute atomic E-state index is 12.1. The van der Waals surface area contributed by atoms with E-state index < -0.39 is 5.91 Å². The normalized spacial score (nSPS) is 11.4. The molecule has 9 N–H and O–H groups in total. The summed E-state index contributed by atoms with van der Waals surface area (Å²) >= 11 is 5.77. The van der Waals surface area contributed by atoms with E-state index in [0.29, 0.717) is 13.1 Å². The Hall–Kier alpha value is -2.91. The summed E-state index contributed by atoms with van der Waals surface area (Å²) in [4.78, 5) is 23.9. The van der Waals surface area contributed by atoms with Gasteiger partial charge in [0.15, 0.2) is 28.4 Å². The quantitative estimate of drug-likeness (QED) is 0.231. The summed E-state index contributed by atoms with van der Waals surface area (Å²) in [7, 11) is 0. The molecular formula is C19H27ClN8O. The van der Waals surface area contributed by atoms with E-state index in [2.05, 4.69) is 44.5 Å². The van der Waals surface area contributed by atoms with Crippen molar-refractivity contribution in [1.82, 2.24) is 15.3 Å². The number of halogens is 1. The summed E-state index contributed by atoms with van der Waals surface area (Å²) in [5, 5.41) is 2.31. The number of rotatable bonds is 9. The third kappa shape index (κ3) is 7.20. The molecule has 1 aromatic carbocycles. The highest BCUT2D eigenvalue weighted by Crippen LogP contribution is 2.17. The van der Waals surface area contributed by atoms with E-state index in [-0.39, 0.29) is 28.4 Å². The summed E-state index contributed by atoms with van der Waals surface area (Å²) in [5.74, 6) is -0.847. The van der Waals surface area contributed by atoms with Gasteiger partial charge in [-0.25, -0.2) is 9.97 Å². The second kappa shape index (κ2) is 11.2. The molecule has 29 heavy (non-hydrogen) atoms. The number of hydrogen-bond acceptors (Lipinski definition) is 7. The van der Waals surface area contributed by atoms with Gasteiger partial charge in [0.25, 0.3) is 5.91 Å². The highest BCUT2D eigenvalue weighted by atomic mass is 35.5. The van der Waals surface area contributed by atoms with Crippen LogP contribution in [0.5, 0.6) is 0 Å². The number of carbonyl (C=O) groups is 1. The monoisotopic (exact) mass is 418 g/mol. The number of nitrogens with one attached hydrogen (secondary N) is 1. The predicted molar refractivity (Wildman–Crippen MR) is 117 cm³/mol. The number of benzene rings is 1. The first-order valence-electron chi connectivity index (χ1n) is 9.38. The van der Waals surface area contributed by atoms with Crippen LogP contribution < -0.4 is 28.3 Å². The van der Waals surface area contributed by atoms with Gasteiger partial charge in [0.05, 0.1) is 0 Å². The number of nitrogens with zero attached hydrogens (tertiary/aromatic N) is 3. The predicted octanol–water partition coefficient (Wildman–Crippen LogP) is 1.25. The van der Waals surface area contributed by atoms with E-state index in [1.807, 2.05) is 0 Å². The number of aliphatic imine (C=N–C) groups is 1. The van der Waals surface area contributed by atoms with Crippen molar-refractivity contribution in [1.29, 1.82) is 0 Å². The van der Waals surface area contributed by atoms with Gasteiger partial charge in [-0.2, -0.15) is 0 Å². The Morgan fingerprint density at radius 1 is 1.00 bits per heavy atom. The lowest BCUT2D eigenvalue weighted by molar-refractivity contribution is 0.0972. The molecule has 0 aliphatic carbocycles. The Bertz CT molecular complexity index is 854. The molecule has 10 heteroatoms. The van der Waals surface area contributed by atoms with Crippen LogP contribution in [0.4, 0.5) is 11.6 Å². The molecule has 0 saturated heterocycles. The molecule has 1 aromatic heterocycles. The fourth-order valence-electron chi connectivity index (χ4n) is 2.64. The summed E-state index contributed by atoms with van der Waals surface area (Å²) in [6, 6.07) is 8.59. The molecule has 156 valence electrons. The standard InChI is InChI=1S/C19H27ClN8O/c20-15-17(23)27-16(22)14(26-15)18(29)28-19(24)25-11-2-1-4-12-6-8-13(9-7-12)5-3-10-21/h6-9H,1-5,10-11,21H2,(H4,22,23,27)(H3,24,25,28,29). The van der Waals surface area contributed by atoms with Crippen LogP contribution in [0.1, 0.15) is 40.9 Å². The van der Waals surface area contributed by atoms with Gasteiger partial charge >= 0.3 is 0 Å². The van der Waals surface area contributed by atoms with Gasteiger partial charge in [0.2, 0.25) is 0 Å². The number of aromatic nitrogens is 2. The molecule has 9 nitrogen and oxygen atoms in total. The second-order valence-corrected chi connectivity index (χ2v) is 6.88. The number of nitrogen functional groups attached to an aromatic ring is 2. The third-order valence-corrected chi connectivity index (χ3v) is 4.49. The molecule has 0 bridgehead atoms. The van der Waals surface area contributed by atoms with Crippen molar-refractivity contribution in [3.05, 3.63) is 46.2 Å². The Morgan fingerprint density at radius 3 is 2.24 bits per heavy atom. The molecule has 0 atom stereocenters. The van der Waals surface area contributed by atoms with E-state index in [9.17, 15) is 4.79 Å². The fraction of sp³-hybridized carbons (Fsp3) is 0.368. The van der Waals surface area contributed by atoms with E-state index >= 15 is 0 Å². The Kier molecular flexibility index (Phi) is 8.63. The number of carbonyl (C=O) groups excluding carboxylic acids is 1. The van der Waals surface area contributed by atoms with E-state index in [1.165, 1.54) is 11.1 Å². The van der Waals surface area contributed by atoms with Crippen molar-refractivity contribution in [2.75, 3.05) is 24.6 Å². The Morgan fingerprint density at radius 2 is 1.62 bits per heavy atom. The SMILES string of the molecule is NCCCc1ccc(CCCCN=C(N)NC(=O)c2nc(Cl)c(N)nc2N)cc1. The molecular weight excluding hydrogens is 392 g/mol. The maximum Gasteiger partial charge on any atom is 0.280 e. The number of nitrogens with two attached hydrogens (primary N) is 4. The van der Waals surface area contributed by atoms with Gasteiger partial charge in [0.1, 0.15) is 0 Å². The molecule has 0 aliphatic rings. The first-order valence-corrected chi connectivity index (χ1v) is 9.76. The van der Waals surface area contributed by atoms with Crippen molar-refractivity contribution in [3.8, 4) is 0 Å². The van der Waals surface area contributed by atoms with Crippen molar-refractivity contribution < 1.29 is 4.79 Å². The van der Waals surface area contributed by atoms with Crippen LogP contribution in [0.15, 0.2) is 29.3 Å². The number of amides is 1. The molecule has 0 spiro atoms. The zero-order valence-electron chi connectivity index (χ0n) is 16.2. The summed E-state index contributed by atoms with van der Waals surface area (Å²) in [6.45, 7) is 1.20. The zero-order chi connectivity index (χ0) is 21.2. The summed E-state index contributed by atoms with van der Waals surface area (Å²) < 4.78 is 0. The Balaban J connectivity index is 1.74. The van der Waals surface area contributed by atoms with Gasteiger partial charge in [-0.1, -0.05) is 35.9 Å². The molecule has 0 fully saturated rings.